The normalized spacial score (nSPS) is 14.4. The molecule has 3 rings (SSSR count). The Morgan fingerprint density at radius 1 is 1.10 bits per heavy atom. The molecule has 1 fully saturated rings. The molecule has 1 N–H and O–H groups in total. The summed E-state index contributed by atoms with van der Waals surface area (Å²) >= 11 is 11.9. The Morgan fingerprint density at radius 2 is 1.84 bits per heavy atom. The first kappa shape index (κ1) is 22.6. The van der Waals surface area contributed by atoms with Crippen molar-refractivity contribution in [3.05, 3.63) is 75.8 Å². The molecular formula is C24H21Cl2N3O2. The van der Waals surface area contributed by atoms with Gasteiger partial charge < -0.3 is 15.1 Å². The molecule has 0 spiro atoms. The maximum absolute atomic E-state index is 12.5. The van der Waals surface area contributed by atoms with E-state index in [2.05, 4.69) is 29.3 Å². The van der Waals surface area contributed by atoms with Gasteiger partial charge in [-0.3, -0.25) is 4.79 Å². The molecule has 1 saturated heterocycles. The van der Waals surface area contributed by atoms with Gasteiger partial charge in [0, 0.05) is 37.8 Å². The zero-order chi connectivity index (χ0) is 22.2. The van der Waals surface area contributed by atoms with Gasteiger partial charge in [-0.05, 0) is 55.0 Å². The Bertz CT molecular complexity index is 1020. The van der Waals surface area contributed by atoms with Gasteiger partial charge in [-0.15, -0.1) is 0 Å². The van der Waals surface area contributed by atoms with Crippen molar-refractivity contribution in [2.75, 3.05) is 26.2 Å². The van der Waals surface area contributed by atoms with E-state index in [1.807, 2.05) is 13.0 Å². The van der Waals surface area contributed by atoms with Gasteiger partial charge in [-0.1, -0.05) is 47.2 Å². The molecule has 1 atom stereocenters. The number of piperazine rings is 1. The summed E-state index contributed by atoms with van der Waals surface area (Å²) in [7, 11) is 0. The minimum Gasteiger partial charge on any atom is -0.336 e. The number of carbonyl (C=O) groups excluding carboxylic acids is 2. The number of rotatable bonds is 3. The van der Waals surface area contributed by atoms with Gasteiger partial charge in [0.05, 0.1) is 16.1 Å². The molecule has 0 aromatic heterocycles. The largest absolute Gasteiger partial charge is 0.336 e. The minimum atomic E-state index is -0.343. The number of hydrogen-bond acceptors (Lipinski definition) is 2. The highest BCUT2D eigenvalue weighted by atomic mass is 35.5. The number of carbonyl (C=O) groups is 2. The van der Waals surface area contributed by atoms with E-state index in [4.69, 9.17) is 23.2 Å². The van der Waals surface area contributed by atoms with E-state index < -0.39 is 0 Å². The van der Waals surface area contributed by atoms with E-state index in [0.29, 0.717) is 36.2 Å². The molecule has 1 unspecified atom stereocenters. The maximum atomic E-state index is 12.5. The highest BCUT2D eigenvalue weighted by Crippen LogP contribution is 2.22. The summed E-state index contributed by atoms with van der Waals surface area (Å²) in [5.74, 6) is 5.89. The molecule has 0 radical (unpaired) electrons. The molecule has 7 heteroatoms. The molecule has 0 aliphatic carbocycles. The van der Waals surface area contributed by atoms with Crippen molar-refractivity contribution in [1.29, 1.82) is 0 Å². The zero-order valence-electron chi connectivity index (χ0n) is 17.0. The van der Waals surface area contributed by atoms with Crippen LogP contribution < -0.4 is 5.32 Å². The number of benzene rings is 1. The third-order valence-electron chi connectivity index (χ3n) is 4.67. The van der Waals surface area contributed by atoms with Crippen LogP contribution in [0.1, 0.15) is 18.1 Å². The lowest BCUT2D eigenvalue weighted by Gasteiger charge is -2.34. The number of nitrogens with one attached hydrogen (secondary N) is 1. The van der Waals surface area contributed by atoms with Crippen molar-refractivity contribution in [3.63, 3.8) is 0 Å². The van der Waals surface area contributed by atoms with E-state index in [9.17, 15) is 9.59 Å². The highest BCUT2D eigenvalue weighted by molar-refractivity contribution is 6.42. The second-order valence-corrected chi connectivity index (χ2v) is 7.80. The van der Waals surface area contributed by atoms with Crippen LogP contribution in [-0.2, 0) is 4.79 Å². The topological polar surface area (TPSA) is 52.7 Å². The maximum Gasteiger partial charge on any atom is 0.318 e. The fourth-order valence-corrected chi connectivity index (χ4v) is 3.24. The fraction of sp³-hybridized carbons (Fsp3) is 0.250. The molecule has 31 heavy (non-hydrogen) atoms. The standard InChI is InChI=1S/C24H21Cl2N3O2/c1-18(7-8-20-9-11-21(25)22(26)17-20)27-24(31)29-15-13-28(14-16-29)23(30)12-10-19-5-3-2-4-6-19/h3,5-6,9-12,17-18H,13-16H2,1H3,(H,27,31)/b12-10+. The molecule has 1 aliphatic rings. The van der Waals surface area contributed by atoms with Gasteiger partial charge >= 0.3 is 6.03 Å². The lowest BCUT2D eigenvalue weighted by Crippen LogP contribution is -2.54. The predicted molar refractivity (Wildman–Crippen MR) is 123 cm³/mol. The second-order valence-electron chi connectivity index (χ2n) is 6.98. The number of nitrogens with zero attached hydrogens (tertiary/aromatic N) is 2. The summed E-state index contributed by atoms with van der Waals surface area (Å²) in [6.07, 6.45) is 3.29. The molecule has 1 aliphatic heterocycles. The van der Waals surface area contributed by atoms with Crippen molar-refractivity contribution in [1.82, 2.24) is 15.1 Å². The Labute approximate surface area is 192 Å². The van der Waals surface area contributed by atoms with E-state index in [0.717, 1.165) is 11.1 Å². The third-order valence-corrected chi connectivity index (χ3v) is 5.41. The van der Waals surface area contributed by atoms with Gasteiger partial charge in [0.15, 0.2) is 0 Å². The minimum absolute atomic E-state index is 0.0752. The first-order chi connectivity index (χ1) is 14.9. The fourth-order valence-electron chi connectivity index (χ4n) is 2.94. The Balaban J connectivity index is 1.46. The molecule has 1 heterocycles. The lowest BCUT2D eigenvalue weighted by atomic mass is 10.2. The van der Waals surface area contributed by atoms with Crippen LogP contribution >= 0.6 is 23.2 Å². The van der Waals surface area contributed by atoms with Gasteiger partial charge in [-0.25, -0.2) is 4.79 Å². The quantitative estimate of drug-likeness (QED) is 0.565. The summed E-state index contributed by atoms with van der Waals surface area (Å²) in [5, 5.41) is 3.78. The van der Waals surface area contributed by atoms with E-state index >= 15 is 0 Å². The van der Waals surface area contributed by atoms with Gasteiger partial charge in [0.25, 0.3) is 0 Å². The van der Waals surface area contributed by atoms with Gasteiger partial charge in [0.2, 0.25) is 5.91 Å². The SMILES string of the molecule is CC(C#Cc1ccc(Cl)c(Cl)c1)NC(=O)N1CCN(C(=O)/C=C/c2cc#ccc2)CC1. The average Bonchev–Trinajstić information content (AvgIpc) is 2.79. The Hall–Kier alpha value is -3.12. The van der Waals surface area contributed by atoms with Crippen LogP contribution in [0.25, 0.3) is 6.08 Å². The average molecular weight is 454 g/mol. The molecule has 0 saturated carbocycles. The first-order valence-corrected chi connectivity index (χ1v) is 10.5. The van der Waals surface area contributed by atoms with Crippen LogP contribution in [0.3, 0.4) is 0 Å². The molecule has 5 nitrogen and oxygen atoms in total. The molecular weight excluding hydrogens is 433 g/mol. The molecule has 0 bridgehead atoms. The smallest absolute Gasteiger partial charge is 0.318 e. The van der Waals surface area contributed by atoms with E-state index in [1.54, 1.807) is 52.3 Å². The summed E-state index contributed by atoms with van der Waals surface area (Å²) in [4.78, 5) is 28.3. The van der Waals surface area contributed by atoms with Gasteiger partial charge in [0.1, 0.15) is 0 Å². The number of halogens is 2. The van der Waals surface area contributed by atoms with Crippen molar-refractivity contribution in [2.24, 2.45) is 0 Å². The van der Waals surface area contributed by atoms with Crippen LogP contribution in [0.15, 0.2) is 42.5 Å². The molecule has 3 amide bonds. The van der Waals surface area contributed by atoms with Gasteiger partial charge in [-0.2, -0.15) is 0 Å². The van der Waals surface area contributed by atoms with Crippen LogP contribution in [0, 0.1) is 24.0 Å². The van der Waals surface area contributed by atoms with Crippen LogP contribution in [-0.4, -0.2) is 54.0 Å². The number of urea groups is 1. The Morgan fingerprint density at radius 3 is 2.52 bits per heavy atom. The summed E-state index contributed by atoms with van der Waals surface area (Å²) in [5.41, 5.74) is 1.61. The molecule has 2 aromatic rings. The Kier molecular flexibility index (Phi) is 7.84. The second kappa shape index (κ2) is 10.8. The van der Waals surface area contributed by atoms with E-state index in [1.165, 1.54) is 0 Å². The highest BCUT2D eigenvalue weighted by Gasteiger charge is 2.23. The molecule has 158 valence electrons. The summed E-state index contributed by atoms with van der Waals surface area (Å²) < 4.78 is 0. The van der Waals surface area contributed by atoms with Crippen LogP contribution in [0.2, 0.25) is 10.0 Å². The summed E-state index contributed by atoms with van der Waals surface area (Å²) in [6, 6.07) is 15.6. The molecule has 2 aromatic carbocycles. The van der Waals surface area contributed by atoms with Crippen LogP contribution in [0.4, 0.5) is 4.79 Å². The zero-order valence-corrected chi connectivity index (χ0v) is 18.5. The van der Waals surface area contributed by atoms with Crippen molar-refractivity contribution in [3.8, 4) is 11.8 Å². The van der Waals surface area contributed by atoms with Crippen molar-refractivity contribution in [2.45, 2.75) is 13.0 Å². The third kappa shape index (κ3) is 6.69. The first-order valence-electron chi connectivity index (χ1n) is 9.79. The monoisotopic (exact) mass is 453 g/mol. The predicted octanol–water partition coefficient (Wildman–Crippen LogP) is 3.90. The summed E-state index contributed by atoms with van der Waals surface area (Å²) in [6.45, 7) is 3.70. The number of amides is 3. The number of hydrogen-bond donors (Lipinski definition) is 1. The van der Waals surface area contributed by atoms with Crippen LogP contribution in [0.5, 0.6) is 0 Å². The van der Waals surface area contributed by atoms with Crippen molar-refractivity contribution >= 4 is 41.2 Å². The van der Waals surface area contributed by atoms with E-state index in [-0.39, 0.29) is 18.0 Å². The lowest BCUT2D eigenvalue weighted by molar-refractivity contribution is -0.127. The van der Waals surface area contributed by atoms with Crippen molar-refractivity contribution < 1.29 is 9.59 Å².